The summed E-state index contributed by atoms with van der Waals surface area (Å²) in [6.45, 7) is 2.44. The number of aryl methyl sites for hydroxylation is 1. The highest BCUT2D eigenvalue weighted by molar-refractivity contribution is 5.97. The summed E-state index contributed by atoms with van der Waals surface area (Å²) >= 11 is 0. The number of halogens is 1. The van der Waals surface area contributed by atoms with Crippen molar-refractivity contribution in [3.05, 3.63) is 70.5 Å². The highest BCUT2D eigenvalue weighted by Crippen LogP contribution is 2.16. The Kier molecular flexibility index (Phi) is 4.64. The fourth-order valence-corrected chi connectivity index (χ4v) is 2.07. The number of carbonyl (C=O) groups is 1. The topological polar surface area (TPSA) is 26.3 Å². The van der Waals surface area contributed by atoms with Crippen molar-refractivity contribution < 1.29 is 13.9 Å². The highest BCUT2D eigenvalue weighted by atomic mass is 19.1. The molecule has 0 saturated heterocycles. The Hall–Kier alpha value is -2.00. The first-order valence-corrected chi connectivity index (χ1v) is 6.47. The number of rotatable bonds is 5. The van der Waals surface area contributed by atoms with Crippen molar-refractivity contribution in [2.24, 2.45) is 0 Å². The van der Waals surface area contributed by atoms with Gasteiger partial charge in [-0.25, -0.2) is 4.39 Å². The third kappa shape index (κ3) is 3.31. The summed E-state index contributed by atoms with van der Waals surface area (Å²) in [5, 5.41) is 0. The van der Waals surface area contributed by atoms with E-state index < -0.39 is 0 Å². The van der Waals surface area contributed by atoms with Gasteiger partial charge >= 0.3 is 0 Å². The molecular formula is C17H17FO2. The Morgan fingerprint density at radius 1 is 1.15 bits per heavy atom. The summed E-state index contributed by atoms with van der Waals surface area (Å²) in [6, 6.07) is 11.8. The molecule has 0 saturated carbocycles. The Labute approximate surface area is 118 Å². The number of ketones is 1. The SMILES string of the molecule is COCc1cc(C(=O)Cc2ccccc2F)ccc1C. The van der Waals surface area contributed by atoms with Crippen LogP contribution in [0.1, 0.15) is 27.0 Å². The Morgan fingerprint density at radius 2 is 1.90 bits per heavy atom. The second-order valence-electron chi connectivity index (χ2n) is 4.77. The first-order chi connectivity index (χ1) is 9.61. The minimum Gasteiger partial charge on any atom is -0.380 e. The van der Waals surface area contributed by atoms with Crippen LogP contribution in [0.15, 0.2) is 42.5 Å². The van der Waals surface area contributed by atoms with E-state index >= 15 is 0 Å². The predicted octanol–water partition coefficient (Wildman–Crippen LogP) is 3.71. The van der Waals surface area contributed by atoms with Gasteiger partial charge in [0, 0.05) is 19.1 Å². The Balaban J connectivity index is 2.21. The van der Waals surface area contributed by atoms with Gasteiger partial charge in [0.05, 0.1) is 6.61 Å². The fraction of sp³-hybridized carbons (Fsp3) is 0.235. The molecule has 0 aliphatic carbocycles. The van der Waals surface area contributed by atoms with E-state index in [0.29, 0.717) is 17.7 Å². The second kappa shape index (κ2) is 6.44. The molecule has 2 rings (SSSR count). The monoisotopic (exact) mass is 272 g/mol. The van der Waals surface area contributed by atoms with Crippen molar-refractivity contribution >= 4 is 5.78 Å². The minimum atomic E-state index is -0.343. The normalized spacial score (nSPS) is 10.6. The average Bonchev–Trinajstić information content (AvgIpc) is 2.44. The van der Waals surface area contributed by atoms with E-state index in [1.165, 1.54) is 6.07 Å². The highest BCUT2D eigenvalue weighted by Gasteiger charge is 2.11. The zero-order valence-corrected chi connectivity index (χ0v) is 11.7. The number of benzene rings is 2. The van der Waals surface area contributed by atoms with E-state index in [2.05, 4.69) is 0 Å². The molecular weight excluding hydrogens is 255 g/mol. The number of ether oxygens (including phenoxy) is 1. The number of carbonyl (C=O) groups excluding carboxylic acids is 1. The van der Waals surface area contributed by atoms with Crippen LogP contribution in [0.3, 0.4) is 0 Å². The number of Topliss-reactive ketones (excluding diaryl/α,β-unsaturated/α-hetero) is 1. The van der Waals surface area contributed by atoms with Gasteiger partial charge in [0.15, 0.2) is 5.78 Å². The van der Waals surface area contributed by atoms with Crippen molar-refractivity contribution in [1.82, 2.24) is 0 Å². The lowest BCUT2D eigenvalue weighted by Gasteiger charge is -2.08. The fourth-order valence-electron chi connectivity index (χ4n) is 2.07. The van der Waals surface area contributed by atoms with E-state index in [4.69, 9.17) is 4.74 Å². The van der Waals surface area contributed by atoms with E-state index in [0.717, 1.165) is 11.1 Å². The number of hydrogen-bond donors (Lipinski definition) is 0. The maximum atomic E-state index is 13.6. The van der Waals surface area contributed by atoms with Crippen molar-refractivity contribution in [2.45, 2.75) is 20.0 Å². The summed E-state index contributed by atoms with van der Waals surface area (Å²) in [5.74, 6) is -0.433. The zero-order chi connectivity index (χ0) is 14.5. The van der Waals surface area contributed by atoms with Crippen LogP contribution >= 0.6 is 0 Å². The molecule has 2 nitrogen and oxygen atoms in total. The molecule has 2 aromatic carbocycles. The lowest BCUT2D eigenvalue weighted by Crippen LogP contribution is -2.06. The van der Waals surface area contributed by atoms with Gasteiger partial charge < -0.3 is 4.74 Å². The van der Waals surface area contributed by atoms with Gasteiger partial charge in [-0.15, -0.1) is 0 Å². The van der Waals surface area contributed by atoms with E-state index in [-0.39, 0.29) is 18.0 Å². The van der Waals surface area contributed by atoms with Crippen LogP contribution in [0, 0.1) is 12.7 Å². The van der Waals surface area contributed by atoms with Crippen LogP contribution < -0.4 is 0 Å². The number of hydrogen-bond acceptors (Lipinski definition) is 2. The molecule has 0 aromatic heterocycles. The molecule has 0 bridgehead atoms. The Bertz CT molecular complexity index is 620. The maximum absolute atomic E-state index is 13.6. The van der Waals surface area contributed by atoms with Crippen LogP contribution in [-0.4, -0.2) is 12.9 Å². The van der Waals surface area contributed by atoms with Gasteiger partial charge in [-0.05, 0) is 35.7 Å². The van der Waals surface area contributed by atoms with Crippen LogP contribution in [0.4, 0.5) is 4.39 Å². The van der Waals surface area contributed by atoms with Crippen molar-refractivity contribution in [3.63, 3.8) is 0 Å². The first-order valence-electron chi connectivity index (χ1n) is 6.47. The van der Waals surface area contributed by atoms with Gasteiger partial charge in [-0.1, -0.05) is 30.3 Å². The van der Waals surface area contributed by atoms with Gasteiger partial charge in [-0.3, -0.25) is 4.79 Å². The molecule has 104 valence electrons. The van der Waals surface area contributed by atoms with E-state index in [9.17, 15) is 9.18 Å². The summed E-state index contributed by atoms with van der Waals surface area (Å²) < 4.78 is 18.7. The molecule has 0 amide bonds. The molecule has 20 heavy (non-hydrogen) atoms. The van der Waals surface area contributed by atoms with Crippen LogP contribution in [0.5, 0.6) is 0 Å². The molecule has 0 aliphatic rings. The molecule has 0 spiro atoms. The zero-order valence-electron chi connectivity index (χ0n) is 11.7. The van der Waals surface area contributed by atoms with E-state index in [1.807, 2.05) is 19.1 Å². The summed E-state index contributed by atoms with van der Waals surface area (Å²) in [6.07, 6.45) is 0.0716. The van der Waals surface area contributed by atoms with Gasteiger partial charge in [-0.2, -0.15) is 0 Å². The molecule has 0 aliphatic heterocycles. The molecule has 0 fully saturated rings. The van der Waals surface area contributed by atoms with Crippen LogP contribution in [-0.2, 0) is 17.8 Å². The molecule has 0 unspecified atom stereocenters. The minimum absolute atomic E-state index is 0.0716. The third-order valence-electron chi connectivity index (χ3n) is 3.28. The number of methoxy groups -OCH3 is 1. The van der Waals surface area contributed by atoms with Gasteiger partial charge in [0.2, 0.25) is 0 Å². The molecule has 0 atom stereocenters. The summed E-state index contributed by atoms with van der Waals surface area (Å²) in [7, 11) is 1.62. The van der Waals surface area contributed by atoms with Crippen LogP contribution in [0.25, 0.3) is 0 Å². The lowest BCUT2D eigenvalue weighted by atomic mass is 9.99. The van der Waals surface area contributed by atoms with Crippen molar-refractivity contribution in [3.8, 4) is 0 Å². The average molecular weight is 272 g/mol. The van der Waals surface area contributed by atoms with Crippen LogP contribution in [0.2, 0.25) is 0 Å². The maximum Gasteiger partial charge on any atom is 0.167 e. The third-order valence-corrected chi connectivity index (χ3v) is 3.28. The smallest absolute Gasteiger partial charge is 0.167 e. The van der Waals surface area contributed by atoms with E-state index in [1.54, 1.807) is 31.4 Å². The van der Waals surface area contributed by atoms with Gasteiger partial charge in [0.1, 0.15) is 5.82 Å². The Morgan fingerprint density at radius 3 is 2.60 bits per heavy atom. The summed E-state index contributed by atoms with van der Waals surface area (Å²) in [4.78, 5) is 12.2. The van der Waals surface area contributed by atoms with Crippen molar-refractivity contribution in [2.75, 3.05) is 7.11 Å². The molecule has 0 N–H and O–H groups in total. The first kappa shape index (κ1) is 14.4. The predicted molar refractivity (Wildman–Crippen MR) is 76.3 cm³/mol. The largest absolute Gasteiger partial charge is 0.380 e. The van der Waals surface area contributed by atoms with Gasteiger partial charge in [0.25, 0.3) is 0 Å². The second-order valence-corrected chi connectivity index (χ2v) is 4.77. The quantitative estimate of drug-likeness (QED) is 0.776. The summed E-state index contributed by atoms with van der Waals surface area (Å²) in [5.41, 5.74) is 3.07. The van der Waals surface area contributed by atoms with Crippen molar-refractivity contribution in [1.29, 1.82) is 0 Å². The molecule has 3 heteroatoms. The molecule has 0 radical (unpaired) electrons. The lowest BCUT2D eigenvalue weighted by molar-refractivity contribution is 0.0991. The molecule has 2 aromatic rings. The standard InChI is InChI=1S/C17H17FO2/c1-12-7-8-14(9-15(12)11-20-2)17(19)10-13-5-3-4-6-16(13)18/h3-9H,10-11H2,1-2H3. The molecule has 0 heterocycles.